The molecule has 1 N–H and O–H groups in total. The standard InChI is InChI=1S/C16H23BrFN3O2S.HI/c1-4-19-15(20-10-12-5-6-13(17)14(18)9-12)21-7-8-24(22,23)16(2,3)11-21;/h5-6,9H,4,7-8,10-11H2,1-3H3,(H,19,20);1H. The highest BCUT2D eigenvalue weighted by Gasteiger charge is 2.40. The monoisotopic (exact) mass is 547 g/mol. The third-order valence-electron chi connectivity index (χ3n) is 4.07. The minimum atomic E-state index is -3.10. The summed E-state index contributed by atoms with van der Waals surface area (Å²) in [7, 11) is -3.10. The van der Waals surface area contributed by atoms with Crippen LogP contribution in [0, 0.1) is 5.82 Å². The van der Waals surface area contributed by atoms with Gasteiger partial charge in [0, 0.05) is 19.6 Å². The third kappa shape index (κ3) is 5.53. The van der Waals surface area contributed by atoms with Crippen LogP contribution < -0.4 is 5.32 Å². The lowest BCUT2D eigenvalue weighted by Gasteiger charge is -2.39. The van der Waals surface area contributed by atoms with Gasteiger partial charge in [-0.05, 0) is 54.4 Å². The Hall–Kier alpha value is -0.420. The maximum Gasteiger partial charge on any atom is 0.194 e. The van der Waals surface area contributed by atoms with Gasteiger partial charge in [0.2, 0.25) is 0 Å². The van der Waals surface area contributed by atoms with Crippen LogP contribution in [0.3, 0.4) is 0 Å². The summed E-state index contributed by atoms with van der Waals surface area (Å²) in [6, 6.07) is 4.91. The van der Waals surface area contributed by atoms with Crippen LogP contribution in [0.1, 0.15) is 26.3 Å². The van der Waals surface area contributed by atoms with Crippen LogP contribution in [-0.2, 0) is 16.4 Å². The molecule has 0 amide bonds. The minimum absolute atomic E-state index is 0. The first-order valence-corrected chi connectivity index (χ1v) is 10.3. The van der Waals surface area contributed by atoms with E-state index in [1.54, 1.807) is 19.9 Å². The number of guanidine groups is 1. The zero-order chi connectivity index (χ0) is 18.0. The van der Waals surface area contributed by atoms with Crippen LogP contribution in [0.2, 0.25) is 0 Å². The molecular formula is C16H24BrFIN3O2S. The zero-order valence-electron chi connectivity index (χ0n) is 14.6. The number of nitrogens with zero attached hydrogens (tertiary/aromatic N) is 2. The topological polar surface area (TPSA) is 61.8 Å². The molecule has 1 aromatic rings. The summed E-state index contributed by atoms with van der Waals surface area (Å²) in [5, 5.41) is 3.19. The lowest BCUT2D eigenvalue weighted by atomic mass is 10.2. The average Bonchev–Trinajstić information content (AvgIpc) is 2.50. The molecule has 1 aliphatic heterocycles. The van der Waals surface area contributed by atoms with Gasteiger partial charge in [0.05, 0.1) is 21.5 Å². The Morgan fingerprint density at radius 2 is 2.12 bits per heavy atom. The highest BCUT2D eigenvalue weighted by molar-refractivity contribution is 14.0. The van der Waals surface area contributed by atoms with Gasteiger partial charge >= 0.3 is 0 Å². The second kappa shape index (κ2) is 8.98. The fourth-order valence-electron chi connectivity index (χ4n) is 2.55. The summed E-state index contributed by atoms with van der Waals surface area (Å²) in [4.78, 5) is 6.50. The molecule has 5 nitrogen and oxygen atoms in total. The molecule has 9 heteroatoms. The van der Waals surface area contributed by atoms with E-state index in [2.05, 4.69) is 26.2 Å². The largest absolute Gasteiger partial charge is 0.357 e. The predicted octanol–water partition coefficient (Wildman–Crippen LogP) is 3.18. The molecule has 25 heavy (non-hydrogen) atoms. The Balaban J connectivity index is 0.00000312. The first-order valence-electron chi connectivity index (χ1n) is 7.86. The maximum atomic E-state index is 13.6. The number of hydrogen-bond donors (Lipinski definition) is 1. The molecule has 1 saturated heterocycles. The molecule has 0 atom stereocenters. The van der Waals surface area contributed by atoms with Crippen molar-refractivity contribution in [1.82, 2.24) is 10.2 Å². The van der Waals surface area contributed by atoms with Crippen molar-refractivity contribution in [2.45, 2.75) is 32.1 Å². The average molecular weight is 548 g/mol. The number of sulfone groups is 1. The molecule has 2 rings (SSSR count). The molecular weight excluding hydrogens is 524 g/mol. The van der Waals surface area contributed by atoms with Gasteiger partial charge < -0.3 is 10.2 Å². The number of aliphatic imine (C=N–C) groups is 1. The molecule has 1 aliphatic rings. The number of rotatable bonds is 3. The normalized spacial score (nSPS) is 19.2. The highest BCUT2D eigenvalue weighted by atomic mass is 127. The Kier molecular flexibility index (Phi) is 8.13. The fourth-order valence-corrected chi connectivity index (χ4v) is 4.17. The van der Waals surface area contributed by atoms with E-state index in [1.165, 1.54) is 6.07 Å². The predicted molar refractivity (Wildman–Crippen MR) is 114 cm³/mol. The van der Waals surface area contributed by atoms with Gasteiger partial charge in [-0.15, -0.1) is 24.0 Å². The van der Waals surface area contributed by atoms with E-state index in [-0.39, 0.29) is 35.5 Å². The molecule has 1 fully saturated rings. The summed E-state index contributed by atoms with van der Waals surface area (Å²) < 4.78 is 37.5. The molecule has 0 bridgehead atoms. The van der Waals surface area contributed by atoms with Gasteiger partial charge in [0.25, 0.3) is 0 Å². The molecule has 0 aromatic heterocycles. The van der Waals surface area contributed by atoms with Crippen molar-refractivity contribution in [2.75, 3.05) is 25.4 Å². The highest BCUT2D eigenvalue weighted by Crippen LogP contribution is 2.24. The van der Waals surface area contributed by atoms with Crippen molar-refractivity contribution >= 4 is 55.7 Å². The van der Waals surface area contributed by atoms with E-state index in [9.17, 15) is 12.8 Å². The summed E-state index contributed by atoms with van der Waals surface area (Å²) >= 11 is 3.13. The van der Waals surface area contributed by atoms with Crippen LogP contribution in [-0.4, -0.2) is 49.4 Å². The first-order chi connectivity index (χ1) is 11.2. The molecule has 0 saturated carbocycles. The number of benzene rings is 1. The number of halogens is 3. The van der Waals surface area contributed by atoms with Crippen LogP contribution in [0.25, 0.3) is 0 Å². The summed E-state index contributed by atoms with van der Waals surface area (Å²) in [6.07, 6.45) is 0. The summed E-state index contributed by atoms with van der Waals surface area (Å²) in [5.41, 5.74) is 0.759. The maximum absolute atomic E-state index is 13.6. The van der Waals surface area contributed by atoms with Crippen LogP contribution in [0.5, 0.6) is 0 Å². The summed E-state index contributed by atoms with van der Waals surface area (Å²) in [6.45, 7) is 7.24. The number of hydrogen-bond acceptors (Lipinski definition) is 3. The van der Waals surface area contributed by atoms with E-state index in [0.29, 0.717) is 36.6 Å². The molecule has 1 heterocycles. The zero-order valence-corrected chi connectivity index (χ0v) is 19.3. The second-order valence-corrected chi connectivity index (χ2v) is 10.0. The fraction of sp³-hybridized carbons (Fsp3) is 0.562. The smallest absolute Gasteiger partial charge is 0.194 e. The Bertz CT molecular complexity index is 741. The number of nitrogens with one attached hydrogen (secondary N) is 1. The van der Waals surface area contributed by atoms with Crippen LogP contribution in [0.15, 0.2) is 27.7 Å². The lowest BCUT2D eigenvalue weighted by Crippen LogP contribution is -2.57. The van der Waals surface area contributed by atoms with Crippen molar-refractivity contribution in [3.05, 3.63) is 34.1 Å². The SMILES string of the molecule is CCNC(=NCc1ccc(Br)c(F)c1)N1CCS(=O)(=O)C(C)(C)C1.I. The van der Waals surface area contributed by atoms with Crippen molar-refractivity contribution in [1.29, 1.82) is 0 Å². The molecule has 142 valence electrons. The van der Waals surface area contributed by atoms with Crippen molar-refractivity contribution < 1.29 is 12.8 Å². The van der Waals surface area contributed by atoms with Crippen LogP contribution in [0.4, 0.5) is 4.39 Å². The van der Waals surface area contributed by atoms with E-state index in [4.69, 9.17) is 0 Å². The summed E-state index contributed by atoms with van der Waals surface area (Å²) in [5.74, 6) is 0.443. The molecule has 0 spiro atoms. The van der Waals surface area contributed by atoms with Gasteiger partial charge in [-0.2, -0.15) is 0 Å². The Morgan fingerprint density at radius 1 is 1.44 bits per heavy atom. The lowest BCUT2D eigenvalue weighted by molar-refractivity contribution is 0.353. The van der Waals surface area contributed by atoms with E-state index < -0.39 is 14.6 Å². The van der Waals surface area contributed by atoms with Gasteiger partial charge in [-0.1, -0.05) is 6.07 Å². The van der Waals surface area contributed by atoms with E-state index >= 15 is 0 Å². The quantitative estimate of drug-likeness (QED) is 0.359. The van der Waals surface area contributed by atoms with Crippen molar-refractivity contribution in [3.63, 3.8) is 0 Å². The van der Waals surface area contributed by atoms with Gasteiger partial charge in [-0.3, -0.25) is 0 Å². The van der Waals surface area contributed by atoms with Crippen molar-refractivity contribution in [2.24, 2.45) is 4.99 Å². The molecule has 0 aliphatic carbocycles. The van der Waals surface area contributed by atoms with Gasteiger partial charge in [0.15, 0.2) is 15.8 Å². The Morgan fingerprint density at radius 3 is 2.68 bits per heavy atom. The third-order valence-corrected chi connectivity index (χ3v) is 7.25. The van der Waals surface area contributed by atoms with Gasteiger partial charge in [-0.25, -0.2) is 17.8 Å². The van der Waals surface area contributed by atoms with E-state index in [0.717, 1.165) is 5.56 Å². The minimum Gasteiger partial charge on any atom is -0.357 e. The first kappa shape index (κ1) is 22.6. The molecule has 0 unspecified atom stereocenters. The second-order valence-electron chi connectivity index (χ2n) is 6.42. The van der Waals surface area contributed by atoms with Gasteiger partial charge in [0.1, 0.15) is 5.82 Å². The molecule has 0 radical (unpaired) electrons. The van der Waals surface area contributed by atoms with E-state index in [1.807, 2.05) is 17.9 Å². The van der Waals surface area contributed by atoms with Crippen molar-refractivity contribution in [3.8, 4) is 0 Å². The Labute approximate surface area is 174 Å². The van der Waals surface area contributed by atoms with Crippen LogP contribution >= 0.6 is 39.9 Å². The molecule has 1 aromatic carbocycles.